The first-order chi connectivity index (χ1) is 6.68. The van der Waals surface area contributed by atoms with E-state index >= 15 is 0 Å². The smallest absolute Gasteiger partial charge is 0.149 e. The molecule has 1 fully saturated rings. The number of aliphatic hydroxyl groups excluding tert-OH is 1. The zero-order chi connectivity index (χ0) is 10.1. The quantitative estimate of drug-likeness (QED) is 0.784. The Morgan fingerprint density at radius 1 is 1.64 bits per heavy atom. The summed E-state index contributed by atoms with van der Waals surface area (Å²) >= 11 is 5.99. The van der Waals surface area contributed by atoms with Gasteiger partial charge in [0.15, 0.2) is 0 Å². The van der Waals surface area contributed by atoms with Crippen molar-refractivity contribution in [3.63, 3.8) is 0 Å². The molecule has 0 spiro atoms. The van der Waals surface area contributed by atoms with E-state index in [0.29, 0.717) is 5.15 Å². The molecule has 2 rings (SSSR count). The molecule has 78 valence electrons. The van der Waals surface area contributed by atoms with Gasteiger partial charge < -0.3 is 10.4 Å². The first-order valence-corrected chi connectivity index (χ1v) is 5.18. The van der Waals surface area contributed by atoms with E-state index in [1.807, 2.05) is 0 Å². The summed E-state index contributed by atoms with van der Waals surface area (Å²) in [5.41, 5.74) is 0.806. The fourth-order valence-corrected chi connectivity index (χ4v) is 1.97. The van der Waals surface area contributed by atoms with Crippen LogP contribution in [0, 0.1) is 0 Å². The summed E-state index contributed by atoms with van der Waals surface area (Å²) in [4.78, 5) is 0. The van der Waals surface area contributed by atoms with E-state index in [2.05, 4.69) is 10.4 Å². The van der Waals surface area contributed by atoms with Crippen molar-refractivity contribution in [2.45, 2.75) is 31.4 Å². The third-order valence-electron chi connectivity index (χ3n) is 2.69. The highest BCUT2D eigenvalue weighted by atomic mass is 35.5. The van der Waals surface area contributed by atoms with Crippen molar-refractivity contribution < 1.29 is 5.11 Å². The second-order valence-corrected chi connectivity index (χ2v) is 4.08. The van der Waals surface area contributed by atoms with Gasteiger partial charge in [-0.1, -0.05) is 11.6 Å². The normalized spacial score (nSPS) is 26.8. The average Bonchev–Trinajstić information content (AvgIpc) is 2.68. The van der Waals surface area contributed by atoms with Gasteiger partial charge in [0.1, 0.15) is 5.15 Å². The number of nitrogens with zero attached hydrogens (tertiary/aromatic N) is 2. The molecule has 1 aromatic rings. The Bertz CT molecular complexity index is 326. The molecule has 4 nitrogen and oxygen atoms in total. The number of nitrogens with one attached hydrogen (secondary N) is 1. The van der Waals surface area contributed by atoms with E-state index in [-0.39, 0.29) is 12.1 Å². The van der Waals surface area contributed by atoms with E-state index in [1.165, 1.54) is 0 Å². The van der Waals surface area contributed by atoms with Gasteiger partial charge in [-0.05, 0) is 19.3 Å². The molecule has 0 aromatic carbocycles. The third-order valence-corrected chi connectivity index (χ3v) is 3.14. The maximum Gasteiger partial charge on any atom is 0.149 e. The molecule has 2 atom stereocenters. The van der Waals surface area contributed by atoms with Crippen molar-refractivity contribution >= 4 is 17.3 Å². The lowest BCUT2D eigenvalue weighted by Gasteiger charge is -2.16. The molecule has 1 saturated carbocycles. The summed E-state index contributed by atoms with van der Waals surface area (Å²) in [5.74, 6) is 0. The minimum atomic E-state index is -0.258. The summed E-state index contributed by atoms with van der Waals surface area (Å²) in [7, 11) is 1.79. The molecule has 0 radical (unpaired) electrons. The third kappa shape index (κ3) is 1.72. The van der Waals surface area contributed by atoms with Crippen molar-refractivity contribution in [2.24, 2.45) is 7.05 Å². The number of aryl methyl sites for hydroxylation is 1. The molecule has 1 heterocycles. The molecule has 0 bridgehead atoms. The predicted octanol–water partition coefficient (Wildman–Crippen LogP) is 1.40. The van der Waals surface area contributed by atoms with Crippen LogP contribution in [0.25, 0.3) is 0 Å². The van der Waals surface area contributed by atoms with Crippen molar-refractivity contribution in [1.82, 2.24) is 9.78 Å². The highest BCUT2D eigenvalue weighted by molar-refractivity contribution is 6.32. The number of hydrogen-bond donors (Lipinski definition) is 2. The average molecular weight is 216 g/mol. The second-order valence-electron chi connectivity index (χ2n) is 3.72. The lowest BCUT2D eigenvalue weighted by atomic mass is 10.2. The molecule has 0 amide bonds. The van der Waals surface area contributed by atoms with Gasteiger partial charge >= 0.3 is 0 Å². The summed E-state index contributed by atoms with van der Waals surface area (Å²) in [6.45, 7) is 0. The first-order valence-electron chi connectivity index (χ1n) is 4.80. The lowest BCUT2D eigenvalue weighted by Crippen LogP contribution is -2.27. The Balaban J connectivity index is 2.07. The van der Waals surface area contributed by atoms with Gasteiger partial charge in [0.25, 0.3) is 0 Å². The van der Waals surface area contributed by atoms with E-state index in [0.717, 1.165) is 24.9 Å². The Morgan fingerprint density at radius 2 is 2.43 bits per heavy atom. The Kier molecular flexibility index (Phi) is 2.65. The molecule has 0 unspecified atom stereocenters. The highest BCUT2D eigenvalue weighted by Gasteiger charge is 2.25. The Hall–Kier alpha value is -0.740. The minimum absolute atomic E-state index is 0.122. The maximum atomic E-state index is 9.62. The Morgan fingerprint density at radius 3 is 2.93 bits per heavy atom. The van der Waals surface area contributed by atoms with Crippen LogP contribution in [0.5, 0.6) is 0 Å². The molecule has 1 aliphatic carbocycles. The largest absolute Gasteiger partial charge is 0.391 e. The first kappa shape index (κ1) is 9.80. The van der Waals surface area contributed by atoms with Gasteiger partial charge in [-0.25, -0.2) is 0 Å². The Labute approximate surface area is 87.9 Å². The lowest BCUT2D eigenvalue weighted by molar-refractivity contribution is 0.172. The maximum absolute atomic E-state index is 9.62. The molecule has 0 saturated heterocycles. The van der Waals surface area contributed by atoms with Crippen LogP contribution in [0.4, 0.5) is 5.69 Å². The van der Waals surface area contributed by atoms with Crippen molar-refractivity contribution in [2.75, 3.05) is 5.32 Å². The fourth-order valence-electron chi connectivity index (χ4n) is 1.83. The molecular weight excluding hydrogens is 202 g/mol. The molecule has 2 N–H and O–H groups in total. The number of anilines is 1. The number of aliphatic hydroxyl groups is 1. The van der Waals surface area contributed by atoms with Crippen LogP contribution in [-0.2, 0) is 7.05 Å². The van der Waals surface area contributed by atoms with Gasteiger partial charge in [0.05, 0.1) is 24.0 Å². The number of halogens is 1. The topological polar surface area (TPSA) is 50.1 Å². The summed E-state index contributed by atoms with van der Waals surface area (Å²) < 4.78 is 1.60. The van der Waals surface area contributed by atoms with Crippen molar-refractivity contribution in [3.8, 4) is 0 Å². The van der Waals surface area contributed by atoms with Crippen LogP contribution < -0.4 is 5.32 Å². The van der Waals surface area contributed by atoms with Gasteiger partial charge in [0, 0.05) is 7.05 Å². The summed E-state index contributed by atoms with van der Waals surface area (Å²) in [5, 5.41) is 17.4. The SMILES string of the molecule is Cn1ncc(N[C@@H]2CCC[C@H]2O)c1Cl. The van der Waals surface area contributed by atoms with Gasteiger partial charge in [0.2, 0.25) is 0 Å². The van der Waals surface area contributed by atoms with E-state index < -0.39 is 0 Å². The minimum Gasteiger partial charge on any atom is -0.391 e. The van der Waals surface area contributed by atoms with Gasteiger partial charge in [-0.15, -0.1) is 0 Å². The van der Waals surface area contributed by atoms with Crippen LogP contribution in [0.15, 0.2) is 6.20 Å². The summed E-state index contributed by atoms with van der Waals surface area (Å²) in [6.07, 6.45) is 4.36. The van der Waals surface area contributed by atoms with Crippen LogP contribution in [0.1, 0.15) is 19.3 Å². The number of hydrogen-bond acceptors (Lipinski definition) is 3. The van der Waals surface area contributed by atoms with E-state index in [4.69, 9.17) is 11.6 Å². The van der Waals surface area contributed by atoms with Crippen LogP contribution in [-0.4, -0.2) is 27.0 Å². The standard InChI is InChI=1S/C9H14ClN3O/c1-13-9(10)7(5-11-13)12-6-3-2-4-8(6)14/h5-6,8,12,14H,2-4H2,1H3/t6-,8-/m1/s1. The highest BCUT2D eigenvalue weighted by Crippen LogP contribution is 2.26. The van der Waals surface area contributed by atoms with Crippen molar-refractivity contribution in [3.05, 3.63) is 11.3 Å². The second kappa shape index (κ2) is 3.79. The van der Waals surface area contributed by atoms with E-state index in [9.17, 15) is 5.11 Å². The molecule has 5 heteroatoms. The monoisotopic (exact) mass is 215 g/mol. The molecule has 0 aliphatic heterocycles. The van der Waals surface area contributed by atoms with Gasteiger partial charge in [-0.2, -0.15) is 5.10 Å². The molecule has 14 heavy (non-hydrogen) atoms. The number of rotatable bonds is 2. The number of aromatic nitrogens is 2. The van der Waals surface area contributed by atoms with Crippen LogP contribution in [0.2, 0.25) is 5.15 Å². The molecule has 1 aromatic heterocycles. The van der Waals surface area contributed by atoms with E-state index in [1.54, 1.807) is 17.9 Å². The van der Waals surface area contributed by atoms with Gasteiger partial charge in [-0.3, -0.25) is 4.68 Å². The van der Waals surface area contributed by atoms with Crippen LogP contribution >= 0.6 is 11.6 Å². The van der Waals surface area contributed by atoms with Crippen molar-refractivity contribution in [1.29, 1.82) is 0 Å². The molecule has 1 aliphatic rings. The zero-order valence-electron chi connectivity index (χ0n) is 8.07. The zero-order valence-corrected chi connectivity index (χ0v) is 8.83. The summed E-state index contributed by atoms with van der Waals surface area (Å²) in [6, 6.07) is 0.122. The molecular formula is C9H14ClN3O. The predicted molar refractivity (Wildman–Crippen MR) is 55.5 cm³/mol. The van der Waals surface area contributed by atoms with Crippen LogP contribution in [0.3, 0.4) is 0 Å². The fraction of sp³-hybridized carbons (Fsp3) is 0.667.